The largest absolute Gasteiger partial charge is 0.493 e. The molecule has 10 heteroatoms. The number of methoxy groups -OCH3 is 1. The molecule has 1 aliphatic rings. The number of carbonyl (C=O) groups excluding carboxylic acids is 1. The lowest BCUT2D eigenvalue weighted by atomic mass is 10.1. The van der Waals surface area contributed by atoms with Crippen molar-refractivity contribution in [1.29, 1.82) is 0 Å². The molecule has 0 radical (unpaired) electrons. The molecule has 4 rings (SSSR count). The summed E-state index contributed by atoms with van der Waals surface area (Å²) in [7, 11) is 1.56. The summed E-state index contributed by atoms with van der Waals surface area (Å²) >= 11 is 20.6. The summed E-state index contributed by atoms with van der Waals surface area (Å²) in [6.07, 6.45) is 1.79. The van der Waals surface area contributed by atoms with Gasteiger partial charge in [-0.05, 0) is 101 Å². The highest BCUT2D eigenvalue weighted by atomic mass is 79.9. The summed E-state index contributed by atoms with van der Waals surface area (Å²) in [5, 5.41) is 4.44. The lowest BCUT2D eigenvalue weighted by molar-refractivity contribution is -0.115. The molecule has 1 amide bonds. The fraction of sp³-hybridized carbons (Fsp3) is 0.154. The highest BCUT2D eigenvalue weighted by Crippen LogP contribution is 2.39. The molecule has 1 fully saturated rings. The summed E-state index contributed by atoms with van der Waals surface area (Å²) in [6, 6.07) is 12.8. The highest BCUT2D eigenvalue weighted by Gasteiger charge is 2.24. The number of ether oxygens (including phenoxy) is 2. The first kappa shape index (κ1) is 27.1. The molecule has 186 valence electrons. The zero-order valence-electron chi connectivity index (χ0n) is 19.4. The second-order valence-corrected chi connectivity index (χ2v) is 11.5. The minimum absolute atomic E-state index is 0.211. The molecule has 0 spiro atoms. The third-order valence-electron chi connectivity index (χ3n) is 5.24. The Morgan fingerprint density at radius 1 is 1.08 bits per heavy atom. The summed E-state index contributed by atoms with van der Waals surface area (Å²) in [5.74, 6) is 0.828. The zero-order chi connectivity index (χ0) is 26.0. The van der Waals surface area contributed by atoms with Gasteiger partial charge in [-0.15, -0.1) is 0 Å². The van der Waals surface area contributed by atoms with E-state index in [9.17, 15) is 4.79 Å². The van der Waals surface area contributed by atoms with Crippen LogP contribution in [-0.2, 0) is 11.4 Å². The second-order valence-electron chi connectivity index (χ2n) is 7.93. The third kappa shape index (κ3) is 6.29. The maximum absolute atomic E-state index is 12.6. The topological polar surface area (TPSA) is 59.9 Å². The van der Waals surface area contributed by atoms with Crippen LogP contribution in [0.1, 0.15) is 22.3 Å². The van der Waals surface area contributed by atoms with Crippen molar-refractivity contribution in [3.63, 3.8) is 0 Å². The van der Waals surface area contributed by atoms with Gasteiger partial charge in [-0.1, -0.05) is 45.2 Å². The van der Waals surface area contributed by atoms with Crippen molar-refractivity contribution < 1.29 is 14.3 Å². The van der Waals surface area contributed by atoms with E-state index in [1.54, 1.807) is 31.4 Å². The van der Waals surface area contributed by atoms with E-state index in [4.69, 9.17) is 32.7 Å². The van der Waals surface area contributed by atoms with Gasteiger partial charge in [-0.3, -0.25) is 4.79 Å². The molecule has 3 aromatic carbocycles. The Kier molecular flexibility index (Phi) is 8.73. The molecule has 0 aliphatic carbocycles. The lowest BCUT2D eigenvalue weighted by Gasteiger charge is -2.14. The molecule has 0 bridgehead atoms. The summed E-state index contributed by atoms with van der Waals surface area (Å²) < 4.78 is 13.3. The normalized spacial score (nSPS) is 15.5. The Morgan fingerprint density at radius 2 is 1.81 bits per heavy atom. The Labute approximate surface area is 240 Å². The van der Waals surface area contributed by atoms with E-state index >= 15 is 0 Å². The van der Waals surface area contributed by atoms with Crippen LogP contribution in [-0.4, -0.2) is 18.2 Å². The van der Waals surface area contributed by atoms with Gasteiger partial charge < -0.3 is 14.8 Å². The van der Waals surface area contributed by atoms with Gasteiger partial charge in [0, 0.05) is 20.1 Å². The molecule has 0 atom stereocenters. The average molecular weight is 671 g/mol. The predicted octanol–water partition coefficient (Wildman–Crippen LogP) is 8.61. The van der Waals surface area contributed by atoms with Gasteiger partial charge in [-0.2, -0.15) is 0 Å². The fourth-order valence-corrected chi connectivity index (χ4v) is 5.60. The van der Waals surface area contributed by atoms with Crippen LogP contribution in [0.4, 0.5) is 5.69 Å². The van der Waals surface area contributed by atoms with Gasteiger partial charge >= 0.3 is 0 Å². The molecule has 5 nitrogen and oxygen atoms in total. The number of aryl methyl sites for hydroxylation is 2. The molecule has 1 N–H and O–H groups in total. The summed E-state index contributed by atoms with van der Waals surface area (Å²) in [6.45, 7) is 4.25. The highest BCUT2D eigenvalue weighted by molar-refractivity contribution is 9.10. The molecular formula is C26H20Br2Cl2N2O3S. The van der Waals surface area contributed by atoms with E-state index in [1.807, 2.05) is 38.1 Å². The van der Waals surface area contributed by atoms with Gasteiger partial charge in [0.05, 0.1) is 22.2 Å². The van der Waals surface area contributed by atoms with E-state index in [2.05, 4.69) is 42.2 Å². The number of aliphatic imine (C=N–C) groups is 1. The van der Waals surface area contributed by atoms with E-state index in [-0.39, 0.29) is 12.5 Å². The predicted molar refractivity (Wildman–Crippen MR) is 156 cm³/mol. The van der Waals surface area contributed by atoms with Gasteiger partial charge in [0.1, 0.15) is 6.61 Å². The SMILES string of the molecule is COc1cc(/C=C2\SC(=Nc3cc(C)c(Br)c(C)c3)NC2=O)cc(Br)c1OCc1ccc(Cl)cc1Cl. The quantitative estimate of drug-likeness (QED) is 0.267. The molecule has 3 aromatic rings. The number of halogens is 4. The van der Waals surface area contributed by atoms with E-state index < -0.39 is 0 Å². The number of hydrogen-bond acceptors (Lipinski definition) is 5. The van der Waals surface area contributed by atoms with Crippen LogP contribution < -0.4 is 14.8 Å². The van der Waals surface area contributed by atoms with E-state index in [0.717, 1.165) is 32.4 Å². The first-order valence-corrected chi connectivity index (χ1v) is 13.8. The Bertz CT molecular complexity index is 1400. The number of rotatable bonds is 6. The van der Waals surface area contributed by atoms with Crippen molar-refractivity contribution in [2.24, 2.45) is 4.99 Å². The van der Waals surface area contributed by atoms with Crippen LogP contribution in [0, 0.1) is 13.8 Å². The fourth-order valence-electron chi connectivity index (χ4n) is 3.49. The number of benzene rings is 3. The minimum Gasteiger partial charge on any atom is -0.493 e. The molecule has 0 aromatic heterocycles. The standard InChI is InChI=1S/C26H20Br2Cl2N2O3S/c1-13-6-18(7-14(2)23(13)28)31-26-32-25(33)22(36-26)10-15-8-19(27)24(21(9-15)34-3)35-12-16-4-5-17(29)11-20(16)30/h4-11H,12H2,1-3H3,(H,31,32,33)/b22-10-. The third-order valence-corrected chi connectivity index (χ3v) is 8.58. The van der Waals surface area contributed by atoms with Gasteiger partial charge in [0.15, 0.2) is 16.7 Å². The lowest BCUT2D eigenvalue weighted by Crippen LogP contribution is -2.19. The van der Waals surface area contributed by atoms with E-state index in [0.29, 0.717) is 36.1 Å². The Hall–Kier alpha value is -1.97. The summed E-state index contributed by atoms with van der Waals surface area (Å²) in [4.78, 5) is 17.7. The molecule has 1 heterocycles. The molecule has 1 saturated heterocycles. The number of hydrogen-bond donors (Lipinski definition) is 1. The molecule has 36 heavy (non-hydrogen) atoms. The first-order valence-electron chi connectivity index (χ1n) is 10.6. The van der Waals surface area contributed by atoms with Crippen molar-refractivity contribution in [2.45, 2.75) is 20.5 Å². The maximum atomic E-state index is 12.6. The van der Waals surface area contributed by atoms with Gasteiger partial charge in [-0.25, -0.2) is 4.99 Å². The Balaban J connectivity index is 1.55. The van der Waals surface area contributed by atoms with Crippen molar-refractivity contribution >= 4 is 89.7 Å². The van der Waals surface area contributed by atoms with Crippen LogP contribution in [0.3, 0.4) is 0 Å². The maximum Gasteiger partial charge on any atom is 0.264 e. The number of amidine groups is 1. The Morgan fingerprint density at radius 3 is 2.47 bits per heavy atom. The molecular weight excluding hydrogens is 651 g/mol. The number of nitrogens with one attached hydrogen (secondary N) is 1. The molecule has 0 unspecified atom stereocenters. The van der Waals surface area contributed by atoms with Crippen LogP contribution >= 0.6 is 66.8 Å². The monoisotopic (exact) mass is 668 g/mol. The molecule has 1 aliphatic heterocycles. The minimum atomic E-state index is -0.211. The average Bonchev–Trinajstić information content (AvgIpc) is 3.15. The van der Waals surface area contributed by atoms with Crippen molar-refractivity contribution in [2.75, 3.05) is 7.11 Å². The molecule has 0 saturated carbocycles. The smallest absolute Gasteiger partial charge is 0.264 e. The zero-order valence-corrected chi connectivity index (χ0v) is 24.9. The number of nitrogens with zero attached hydrogens (tertiary/aromatic N) is 1. The van der Waals surface area contributed by atoms with Gasteiger partial charge in [0.25, 0.3) is 5.91 Å². The number of thioether (sulfide) groups is 1. The number of carbonyl (C=O) groups is 1. The van der Waals surface area contributed by atoms with Crippen LogP contribution in [0.5, 0.6) is 11.5 Å². The van der Waals surface area contributed by atoms with E-state index in [1.165, 1.54) is 11.8 Å². The van der Waals surface area contributed by atoms with Gasteiger partial charge in [0.2, 0.25) is 0 Å². The van der Waals surface area contributed by atoms with Crippen molar-refractivity contribution in [1.82, 2.24) is 5.32 Å². The van der Waals surface area contributed by atoms with Crippen LogP contribution in [0.15, 0.2) is 61.3 Å². The first-order chi connectivity index (χ1) is 17.1. The van der Waals surface area contributed by atoms with Crippen LogP contribution in [0.2, 0.25) is 10.0 Å². The summed E-state index contributed by atoms with van der Waals surface area (Å²) in [5.41, 5.74) is 4.51. The van der Waals surface area contributed by atoms with Crippen LogP contribution in [0.25, 0.3) is 6.08 Å². The number of amides is 1. The van der Waals surface area contributed by atoms with Crippen molar-refractivity contribution in [3.05, 3.63) is 88.6 Å². The van der Waals surface area contributed by atoms with Crippen molar-refractivity contribution in [3.8, 4) is 11.5 Å². The second kappa shape index (κ2) is 11.6.